The number of esters is 2. The lowest BCUT2D eigenvalue weighted by atomic mass is 10.1. The highest BCUT2D eigenvalue weighted by Gasteiger charge is 2.36. The van der Waals surface area contributed by atoms with Crippen LogP contribution in [0.4, 0.5) is 0 Å². The van der Waals surface area contributed by atoms with E-state index in [-0.39, 0.29) is 12.8 Å². The van der Waals surface area contributed by atoms with Gasteiger partial charge in [-0.15, -0.1) is 0 Å². The molecule has 0 aromatic rings. The lowest BCUT2D eigenvalue weighted by molar-refractivity contribution is -0.161. The number of hydrogen-bond donors (Lipinski definition) is 4. The fourth-order valence-electron chi connectivity index (χ4n) is 6.23. The van der Waals surface area contributed by atoms with E-state index in [2.05, 4.69) is 47.2 Å². The van der Waals surface area contributed by atoms with Gasteiger partial charge >= 0.3 is 27.6 Å². The van der Waals surface area contributed by atoms with E-state index < -0.39 is 66.2 Å². The molecule has 1 fully saturated rings. The Labute approximate surface area is 349 Å². The smallest absolute Gasteiger partial charge is 0.462 e. The molecule has 0 aliphatic carbocycles. The van der Waals surface area contributed by atoms with E-state index >= 15 is 0 Å². The summed E-state index contributed by atoms with van der Waals surface area (Å²) in [5, 5.41) is 9.75. The third kappa shape index (κ3) is 35.3. The van der Waals surface area contributed by atoms with Crippen molar-refractivity contribution in [2.75, 3.05) is 26.4 Å². The van der Waals surface area contributed by atoms with Crippen LogP contribution in [0.15, 0.2) is 24.3 Å². The minimum atomic E-state index is -4.86. The quantitative estimate of drug-likeness (QED) is 0.0148. The average Bonchev–Trinajstić information content (AvgIpc) is 3.94. The Morgan fingerprint density at radius 1 is 0.586 bits per heavy atom. The first kappa shape index (κ1) is 54.6. The molecule has 0 spiro atoms. The fraction of sp³-hybridized carbons (Fsp3) is 0.857. The summed E-state index contributed by atoms with van der Waals surface area (Å²) in [5.74, 6) is -1.06. The second-order valence-corrected chi connectivity index (χ2v) is 18.0. The molecule has 0 radical (unpaired) electrons. The van der Waals surface area contributed by atoms with Crippen molar-refractivity contribution >= 4 is 27.6 Å². The second-order valence-electron chi connectivity index (χ2n) is 15.4. The molecule has 16 heteroatoms. The van der Waals surface area contributed by atoms with Crippen LogP contribution in [-0.4, -0.2) is 82.6 Å². The molecule has 0 aromatic heterocycles. The second kappa shape index (κ2) is 35.2. The van der Waals surface area contributed by atoms with Crippen molar-refractivity contribution in [3.05, 3.63) is 24.3 Å². The molecule has 0 aromatic carbocycles. The summed E-state index contributed by atoms with van der Waals surface area (Å²) in [6.45, 7) is 1.70. The van der Waals surface area contributed by atoms with E-state index in [1.807, 2.05) is 0 Å². The highest BCUT2D eigenvalue weighted by Crippen LogP contribution is 2.44. The number of aliphatic hydroxyl groups excluding tert-OH is 1. The number of hydrogen-bond acceptors (Lipinski definition) is 11. The Morgan fingerprint density at radius 3 is 1.66 bits per heavy atom. The summed E-state index contributed by atoms with van der Waals surface area (Å²) in [7, 11) is -9.68. The lowest BCUT2D eigenvalue weighted by Gasteiger charge is -2.20. The number of phosphoric ester groups is 2. The molecule has 1 saturated heterocycles. The van der Waals surface area contributed by atoms with Gasteiger partial charge in [-0.1, -0.05) is 128 Å². The summed E-state index contributed by atoms with van der Waals surface area (Å²) in [5.41, 5.74) is 0. The van der Waals surface area contributed by atoms with Crippen LogP contribution < -0.4 is 0 Å². The number of allylic oxidation sites excluding steroid dienone is 3. The summed E-state index contributed by atoms with van der Waals surface area (Å²) >= 11 is 0. The van der Waals surface area contributed by atoms with Gasteiger partial charge in [-0.05, 0) is 64.2 Å². The maximum Gasteiger partial charge on any atom is 0.472 e. The number of rotatable bonds is 41. The van der Waals surface area contributed by atoms with Gasteiger partial charge in [0.1, 0.15) is 12.7 Å². The minimum absolute atomic E-state index is 0.110. The van der Waals surface area contributed by atoms with E-state index in [0.29, 0.717) is 25.0 Å². The zero-order valence-electron chi connectivity index (χ0n) is 35.6. The zero-order chi connectivity index (χ0) is 42.7. The van der Waals surface area contributed by atoms with Gasteiger partial charge in [0.15, 0.2) is 6.10 Å². The third-order valence-electron chi connectivity index (χ3n) is 9.73. The van der Waals surface area contributed by atoms with Crippen LogP contribution in [0.1, 0.15) is 181 Å². The maximum absolute atomic E-state index is 12.7. The molecule has 3 unspecified atom stereocenters. The molecule has 340 valence electrons. The van der Waals surface area contributed by atoms with E-state index in [4.69, 9.17) is 28.5 Å². The van der Waals surface area contributed by atoms with Crippen molar-refractivity contribution < 1.29 is 66.3 Å². The van der Waals surface area contributed by atoms with Crippen molar-refractivity contribution in [2.45, 2.75) is 205 Å². The SMILES string of the molecule is CCCCCCCC/C=C\CCCCCCCC(=O)OC[C@H](COP(=O)(O)OC[C@@H](O)COP(=O)(O)O)OC(=O)CCCCCCC/C=C\CC1OC1CCCCC. The largest absolute Gasteiger partial charge is 0.472 e. The highest BCUT2D eigenvalue weighted by molar-refractivity contribution is 7.47. The summed E-state index contributed by atoms with van der Waals surface area (Å²) in [6, 6.07) is 0. The summed E-state index contributed by atoms with van der Waals surface area (Å²) in [4.78, 5) is 52.7. The molecule has 0 amide bonds. The highest BCUT2D eigenvalue weighted by atomic mass is 31.2. The number of aliphatic hydroxyl groups is 1. The Kier molecular flexibility index (Phi) is 33.1. The van der Waals surface area contributed by atoms with Gasteiger partial charge < -0.3 is 34.0 Å². The predicted molar refractivity (Wildman–Crippen MR) is 225 cm³/mol. The molecule has 5 atom stereocenters. The summed E-state index contributed by atoms with van der Waals surface area (Å²) < 4.78 is 53.5. The van der Waals surface area contributed by atoms with Crippen molar-refractivity contribution in [3.8, 4) is 0 Å². The normalized spacial score (nSPS) is 17.8. The first-order chi connectivity index (χ1) is 27.8. The van der Waals surface area contributed by atoms with Crippen LogP contribution in [0.3, 0.4) is 0 Å². The zero-order valence-corrected chi connectivity index (χ0v) is 37.4. The van der Waals surface area contributed by atoms with Crippen molar-refractivity contribution in [1.29, 1.82) is 0 Å². The Balaban J connectivity index is 2.36. The van der Waals surface area contributed by atoms with E-state index in [0.717, 1.165) is 83.5 Å². The van der Waals surface area contributed by atoms with E-state index in [9.17, 15) is 28.7 Å². The Hall–Kier alpha value is -1.44. The van der Waals surface area contributed by atoms with Crippen molar-refractivity contribution in [3.63, 3.8) is 0 Å². The van der Waals surface area contributed by atoms with Crippen molar-refractivity contribution in [1.82, 2.24) is 0 Å². The van der Waals surface area contributed by atoms with Gasteiger partial charge in [0.05, 0.1) is 32.0 Å². The lowest BCUT2D eigenvalue weighted by Crippen LogP contribution is -2.30. The van der Waals surface area contributed by atoms with Crippen LogP contribution in [0, 0.1) is 0 Å². The minimum Gasteiger partial charge on any atom is -0.462 e. The van der Waals surface area contributed by atoms with Gasteiger partial charge in [0.2, 0.25) is 0 Å². The number of ether oxygens (including phenoxy) is 3. The molecule has 14 nitrogen and oxygen atoms in total. The molecule has 1 aliphatic rings. The molecule has 1 rings (SSSR count). The molecular formula is C42H78O14P2. The number of unbranched alkanes of at least 4 members (excludes halogenated alkanes) is 18. The molecule has 0 saturated carbocycles. The molecule has 58 heavy (non-hydrogen) atoms. The van der Waals surface area contributed by atoms with Crippen LogP contribution in [0.25, 0.3) is 0 Å². The monoisotopic (exact) mass is 868 g/mol. The van der Waals surface area contributed by atoms with Crippen LogP contribution >= 0.6 is 15.6 Å². The van der Waals surface area contributed by atoms with Gasteiger partial charge in [-0.3, -0.25) is 23.2 Å². The molecule has 4 N–H and O–H groups in total. The first-order valence-corrected chi connectivity index (χ1v) is 25.2. The molecule has 1 heterocycles. The maximum atomic E-state index is 12.7. The van der Waals surface area contributed by atoms with Gasteiger partial charge in [0, 0.05) is 12.8 Å². The van der Waals surface area contributed by atoms with Gasteiger partial charge in [-0.25, -0.2) is 9.13 Å². The van der Waals surface area contributed by atoms with Crippen LogP contribution in [0.5, 0.6) is 0 Å². The van der Waals surface area contributed by atoms with Crippen LogP contribution in [-0.2, 0) is 46.5 Å². The topological polar surface area (TPSA) is 208 Å². The number of epoxide rings is 1. The predicted octanol–water partition coefficient (Wildman–Crippen LogP) is 10.1. The van der Waals surface area contributed by atoms with E-state index in [1.54, 1.807) is 0 Å². The Morgan fingerprint density at radius 2 is 1.07 bits per heavy atom. The number of phosphoric acid groups is 2. The van der Waals surface area contributed by atoms with Gasteiger partial charge in [0.25, 0.3) is 0 Å². The molecular weight excluding hydrogens is 790 g/mol. The fourth-order valence-corrected chi connectivity index (χ4v) is 7.39. The Bertz CT molecular complexity index is 1190. The summed E-state index contributed by atoms with van der Waals surface area (Å²) in [6.07, 6.45) is 33.4. The van der Waals surface area contributed by atoms with Crippen LogP contribution in [0.2, 0.25) is 0 Å². The molecule has 1 aliphatic heterocycles. The number of carbonyl (C=O) groups is 2. The third-order valence-corrected chi connectivity index (χ3v) is 11.2. The van der Waals surface area contributed by atoms with Crippen molar-refractivity contribution in [2.24, 2.45) is 0 Å². The standard InChI is InChI=1S/C42H78O14P2/c1-3-5-7-8-9-10-11-12-13-14-15-16-20-23-27-31-41(44)51-35-38(36-54-58(49,50)53-34-37(43)33-52-57(46,47)48)55-42(45)32-28-24-21-18-17-19-22-26-30-40-39(56-40)29-25-6-4-2/h12-13,22,26,37-40,43H,3-11,14-21,23-25,27-36H2,1-2H3,(H,49,50)(H2,46,47,48)/b13-12-,26-22-/t37-,38+,39?,40?/m0/s1. The number of carbonyl (C=O) groups excluding carboxylic acids is 2. The average molecular weight is 869 g/mol. The first-order valence-electron chi connectivity index (χ1n) is 22.2. The molecule has 0 bridgehead atoms. The van der Waals surface area contributed by atoms with Gasteiger partial charge in [-0.2, -0.15) is 0 Å². The van der Waals surface area contributed by atoms with E-state index in [1.165, 1.54) is 57.8 Å².